The summed E-state index contributed by atoms with van der Waals surface area (Å²) >= 11 is 0. The monoisotopic (exact) mass is 575 g/mol. The Balaban J connectivity index is 1.54. The third-order valence-electron chi connectivity index (χ3n) is 10.0. The Hall–Kier alpha value is -2.93. The molecule has 3 aliphatic rings. The molecule has 2 aliphatic carbocycles. The van der Waals surface area contributed by atoms with Crippen LogP contribution in [0.4, 0.5) is 0 Å². The quantitative estimate of drug-likeness (QED) is 0.357. The predicted octanol–water partition coefficient (Wildman–Crippen LogP) is 6.88. The summed E-state index contributed by atoms with van der Waals surface area (Å²) in [6.07, 6.45) is 13.0. The van der Waals surface area contributed by atoms with Crippen molar-refractivity contribution >= 4 is 11.9 Å². The molecule has 228 valence electrons. The Bertz CT molecular complexity index is 1210. The number of carbonyl (C=O) groups excluding carboxylic acids is 1. The number of likely N-dealkylation sites (tertiary alicyclic amines) is 1. The average molecular weight is 576 g/mol. The van der Waals surface area contributed by atoms with Gasteiger partial charge in [0, 0.05) is 36.2 Å². The summed E-state index contributed by atoms with van der Waals surface area (Å²) in [5, 5.41) is 14.5. The summed E-state index contributed by atoms with van der Waals surface area (Å²) in [6, 6.07) is 10.6. The Morgan fingerprint density at radius 2 is 1.62 bits per heavy atom. The number of carbonyl (C=O) groups is 2. The van der Waals surface area contributed by atoms with E-state index in [1.54, 1.807) is 12.0 Å². The third kappa shape index (κ3) is 6.36. The molecular formula is C35H49N3O4. The fourth-order valence-electron chi connectivity index (χ4n) is 8.00. The lowest BCUT2D eigenvalue weighted by molar-refractivity contribution is -0.154. The van der Waals surface area contributed by atoms with E-state index in [-0.39, 0.29) is 29.2 Å². The van der Waals surface area contributed by atoms with Crippen LogP contribution in [0.25, 0.3) is 0 Å². The van der Waals surface area contributed by atoms with E-state index in [4.69, 9.17) is 4.74 Å². The molecule has 3 fully saturated rings. The Morgan fingerprint density at radius 3 is 2.21 bits per heavy atom. The molecule has 5 rings (SSSR count). The van der Waals surface area contributed by atoms with Gasteiger partial charge in [0.15, 0.2) is 0 Å². The van der Waals surface area contributed by atoms with Crippen LogP contribution in [0.2, 0.25) is 0 Å². The van der Waals surface area contributed by atoms with Gasteiger partial charge in [-0.2, -0.15) is 0 Å². The van der Waals surface area contributed by atoms with E-state index in [1.165, 1.54) is 37.7 Å². The van der Waals surface area contributed by atoms with Crippen molar-refractivity contribution in [2.75, 3.05) is 7.11 Å². The summed E-state index contributed by atoms with van der Waals surface area (Å²) in [7, 11) is 1.65. The highest BCUT2D eigenvalue weighted by Crippen LogP contribution is 2.49. The average Bonchev–Trinajstić information content (AvgIpc) is 3.37. The molecule has 0 bridgehead atoms. The fraction of sp³-hybridized carbons (Fsp3) is 0.629. The first-order chi connectivity index (χ1) is 20.2. The molecule has 1 aliphatic heterocycles. The van der Waals surface area contributed by atoms with Crippen molar-refractivity contribution in [3.8, 4) is 5.88 Å². The number of methoxy groups -OCH3 is 1. The molecular weight excluding hydrogens is 526 g/mol. The highest BCUT2D eigenvalue weighted by molar-refractivity contribution is 5.87. The smallest absolute Gasteiger partial charge is 0.326 e. The maximum atomic E-state index is 14.3. The summed E-state index contributed by atoms with van der Waals surface area (Å²) in [4.78, 5) is 33.9. The van der Waals surface area contributed by atoms with Gasteiger partial charge < -0.3 is 20.1 Å². The number of amides is 1. The van der Waals surface area contributed by atoms with Gasteiger partial charge in [0.05, 0.1) is 13.2 Å². The lowest BCUT2D eigenvalue weighted by atomic mass is 9.72. The number of hydrogen-bond donors (Lipinski definition) is 2. The van der Waals surface area contributed by atoms with Crippen LogP contribution in [0.1, 0.15) is 114 Å². The molecule has 4 atom stereocenters. The van der Waals surface area contributed by atoms with E-state index in [0.29, 0.717) is 18.3 Å². The number of carboxylic acids is 1. The number of aromatic nitrogens is 1. The number of ether oxygens (including phenoxy) is 1. The van der Waals surface area contributed by atoms with Crippen LogP contribution in [0.15, 0.2) is 42.6 Å². The Labute approximate surface area is 251 Å². The summed E-state index contributed by atoms with van der Waals surface area (Å²) in [6.45, 7) is 6.79. The SMILES string of the molecule is COc1ncc(C2CCCCC2)cc1CN[C@H]1[C@H](C(C)(C)C)[C@@H](C(=O)O)N(C(=O)C2CCCCC2)[C@H]1c1ccccc1. The van der Waals surface area contributed by atoms with E-state index in [1.807, 2.05) is 36.5 Å². The van der Waals surface area contributed by atoms with Gasteiger partial charge in [-0.3, -0.25) is 4.79 Å². The first-order valence-corrected chi connectivity index (χ1v) is 16.1. The van der Waals surface area contributed by atoms with Crippen LogP contribution in [-0.4, -0.2) is 46.1 Å². The zero-order chi connectivity index (χ0) is 29.9. The normalized spacial score (nSPS) is 25.9. The fourth-order valence-corrected chi connectivity index (χ4v) is 8.00. The van der Waals surface area contributed by atoms with Crippen molar-refractivity contribution in [2.45, 2.75) is 116 Å². The second-order valence-corrected chi connectivity index (χ2v) is 13.8. The molecule has 1 aromatic carbocycles. The first-order valence-electron chi connectivity index (χ1n) is 16.1. The van der Waals surface area contributed by atoms with Crippen molar-refractivity contribution in [2.24, 2.45) is 17.3 Å². The zero-order valence-corrected chi connectivity index (χ0v) is 25.9. The number of rotatable bonds is 8. The minimum atomic E-state index is -0.928. The van der Waals surface area contributed by atoms with E-state index in [9.17, 15) is 14.7 Å². The lowest BCUT2D eigenvalue weighted by Gasteiger charge is -2.36. The molecule has 0 spiro atoms. The van der Waals surface area contributed by atoms with Gasteiger partial charge in [-0.05, 0) is 54.2 Å². The van der Waals surface area contributed by atoms with Crippen LogP contribution in [-0.2, 0) is 16.1 Å². The van der Waals surface area contributed by atoms with Crippen molar-refractivity contribution in [1.82, 2.24) is 15.2 Å². The van der Waals surface area contributed by atoms with Gasteiger partial charge in [0.2, 0.25) is 11.8 Å². The van der Waals surface area contributed by atoms with E-state index in [0.717, 1.165) is 43.2 Å². The van der Waals surface area contributed by atoms with Gasteiger partial charge in [-0.25, -0.2) is 9.78 Å². The molecule has 1 amide bonds. The van der Waals surface area contributed by atoms with Crippen molar-refractivity contribution in [3.05, 3.63) is 59.3 Å². The van der Waals surface area contributed by atoms with Crippen molar-refractivity contribution < 1.29 is 19.4 Å². The second-order valence-electron chi connectivity index (χ2n) is 13.8. The molecule has 2 saturated carbocycles. The molecule has 0 radical (unpaired) electrons. The molecule has 1 aromatic heterocycles. The Kier molecular flexibility index (Phi) is 9.56. The number of carboxylic acid groups (broad SMARTS) is 1. The van der Waals surface area contributed by atoms with E-state index < -0.39 is 18.1 Å². The van der Waals surface area contributed by atoms with Gasteiger partial charge in [-0.15, -0.1) is 0 Å². The molecule has 2 N–H and O–H groups in total. The van der Waals surface area contributed by atoms with E-state index in [2.05, 4.69) is 37.1 Å². The van der Waals surface area contributed by atoms with Crippen molar-refractivity contribution in [1.29, 1.82) is 0 Å². The number of hydrogen-bond acceptors (Lipinski definition) is 5. The van der Waals surface area contributed by atoms with Crippen LogP contribution in [0.3, 0.4) is 0 Å². The number of benzene rings is 1. The van der Waals surface area contributed by atoms with Gasteiger partial charge in [-0.1, -0.05) is 89.6 Å². The minimum Gasteiger partial charge on any atom is -0.481 e. The number of pyridine rings is 1. The molecule has 2 heterocycles. The largest absolute Gasteiger partial charge is 0.481 e. The molecule has 7 heteroatoms. The molecule has 1 saturated heterocycles. The maximum Gasteiger partial charge on any atom is 0.326 e. The third-order valence-corrected chi connectivity index (χ3v) is 10.0. The summed E-state index contributed by atoms with van der Waals surface area (Å²) < 4.78 is 5.70. The summed E-state index contributed by atoms with van der Waals surface area (Å²) in [5.74, 6) is -0.262. The highest BCUT2D eigenvalue weighted by atomic mass is 16.5. The van der Waals surface area contributed by atoms with E-state index >= 15 is 0 Å². The van der Waals surface area contributed by atoms with Gasteiger partial charge >= 0.3 is 5.97 Å². The maximum absolute atomic E-state index is 14.3. The number of nitrogens with zero attached hydrogens (tertiary/aromatic N) is 2. The van der Waals surface area contributed by atoms with Crippen LogP contribution >= 0.6 is 0 Å². The zero-order valence-electron chi connectivity index (χ0n) is 25.9. The van der Waals surface area contributed by atoms with Crippen LogP contribution in [0, 0.1) is 17.3 Å². The summed E-state index contributed by atoms with van der Waals surface area (Å²) in [5.41, 5.74) is 2.83. The molecule has 7 nitrogen and oxygen atoms in total. The van der Waals surface area contributed by atoms with Crippen LogP contribution in [0.5, 0.6) is 5.88 Å². The van der Waals surface area contributed by atoms with Gasteiger partial charge in [0.1, 0.15) is 6.04 Å². The topological polar surface area (TPSA) is 91.8 Å². The minimum absolute atomic E-state index is 0.00644. The van der Waals surface area contributed by atoms with Crippen LogP contribution < -0.4 is 10.1 Å². The van der Waals surface area contributed by atoms with Gasteiger partial charge in [0.25, 0.3) is 0 Å². The standard InChI is InChI=1S/C35H49N3O4/c1-35(2,3)28-29(36-22-27-20-26(21-37-32(27)42-4)23-14-8-5-9-15-23)30(24-16-10-6-11-17-24)38(31(28)34(40)41)33(39)25-18-12-7-13-19-25/h6,10-11,16-17,20-21,23,25,28-31,36H,5,7-9,12-15,18-19,22H2,1-4H3,(H,40,41)/t28-,29-,30-,31-/m0/s1. The molecule has 42 heavy (non-hydrogen) atoms. The van der Waals surface area contributed by atoms with Crippen molar-refractivity contribution in [3.63, 3.8) is 0 Å². The number of nitrogens with one attached hydrogen (secondary N) is 1. The Morgan fingerprint density at radius 1 is 0.976 bits per heavy atom. The highest BCUT2D eigenvalue weighted by Gasteiger charge is 2.58. The lowest BCUT2D eigenvalue weighted by Crippen LogP contribution is -2.49. The molecule has 0 unspecified atom stereocenters. The number of aliphatic carboxylic acids is 1. The second kappa shape index (κ2) is 13.2. The first kappa shape index (κ1) is 30.5. The molecule has 2 aromatic rings. The predicted molar refractivity (Wildman–Crippen MR) is 164 cm³/mol.